The van der Waals surface area contributed by atoms with Gasteiger partial charge >= 0.3 is 29.6 Å². The zero-order valence-corrected chi connectivity index (χ0v) is 15.6. The van der Waals surface area contributed by atoms with E-state index in [1.807, 2.05) is 0 Å². The number of hydrogen-bond donors (Lipinski definition) is 0. The van der Waals surface area contributed by atoms with Gasteiger partial charge in [0.15, 0.2) is 0 Å². The third kappa shape index (κ3) is 18.8. The second-order valence-electron chi connectivity index (χ2n) is 4.90. The largest absolute Gasteiger partial charge is 1.00 e. The van der Waals surface area contributed by atoms with Crippen LogP contribution in [0.4, 0.5) is 4.39 Å². The number of unbranched alkanes of at least 4 members (excludes halogenated alkanes) is 6. The molecule has 4 nitrogen and oxygen atoms in total. The fourth-order valence-electron chi connectivity index (χ4n) is 1.76. The van der Waals surface area contributed by atoms with Crippen molar-refractivity contribution in [3.05, 3.63) is 0 Å². The van der Waals surface area contributed by atoms with Crippen molar-refractivity contribution in [2.75, 3.05) is 19.0 Å². The zero-order chi connectivity index (χ0) is 14.6. The molecule has 0 aromatic heterocycles. The van der Waals surface area contributed by atoms with E-state index in [0.717, 1.165) is 38.5 Å². The minimum Gasteiger partial charge on any atom is -0.748 e. The molecule has 0 fully saturated rings. The molecule has 0 N–H and O–H groups in total. The summed E-state index contributed by atoms with van der Waals surface area (Å²) in [6.45, 7) is 2.16. The molecule has 0 radical (unpaired) electrons. The molecule has 0 saturated carbocycles. The number of ether oxygens (including phenoxy) is 1. The minimum atomic E-state index is -4.13. The van der Waals surface area contributed by atoms with Crippen LogP contribution in [0.15, 0.2) is 0 Å². The number of rotatable bonds is 13. The molecule has 7 heteroatoms. The predicted molar refractivity (Wildman–Crippen MR) is 72.9 cm³/mol. The SMILES string of the molecule is CC(CCS(=O)(=O)[O-])OCCCCCCCCCF.[Na+]. The van der Waals surface area contributed by atoms with Gasteiger partial charge in [-0.1, -0.05) is 32.1 Å². The van der Waals surface area contributed by atoms with Crippen LogP contribution >= 0.6 is 0 Å². The summed E-state index contributed by atoms with van der Waals surface area (Å²) < 4.78 is 48.5. The summed E-state index contributed by atoms with van der Waals surface area (Å²) in [5.41, 5.74) is 0. The molecule has 0 rings (SSSR count). The molecule has 116 valence electrons. The first-order valence-electron chi connectivity index (χ1n) is 7.07. The summed E-state index contributed by atoms with van der Waals surface area (Å²) in [6.07, 6.45) is 7.06. The molecule has 0 aromatic rings. The van der Waals surface area contributed by atoms with E-state index in [0.29, 0.717) is 13.0 Å². The first-order chi connectivity index (χ1) is 8.95. The summed E-state index contributed by atoms with van der Waals surface area (Å²) in [5, 5.41) is 0. The Morgan fingerprint density at radius 2 is 1.55 bits per heavy atom. The van der Waals surface area contributed by atoms with E-state index in [4.69, 9.17) is 4.74 Å². The van der Waals surface area contributed by atoms with Gasteiger partial charge in [0.25, 0.3) is 0 Å². The first kappa shape index (κ1) is 23.1. The summed E-state index contributed by atoms with van der Waals surface area (Å²) in [6, 6.07) is 0. The second kappa shape index (κ2) is 14.7. The molecule has 20 heavy (non-hydrogen) atoms. The monoisotopic (exact) mass is 320 g/mol. The van der Waals surface area contributed by atoms with Crippen molar-refractivity contribution in [1.82, 2.24) is 0 Å². The Hall–Kier alpha value is 0.800. The molecule has 0 aliphatic rings. The minimum absolute atomic E-state index is 0. The fourth-order valence-corrected chi connectivity index (χ4v) is 2.38. The predicted octanol–water partition coefficient (Wildman–Crippen LogP) is 0.0310. The number of alkyl halides is 1. The fraction of sp³-hybridized carbons (Fsp3) is 1.00. The molecule has 0 aliphatic carbocycles. The second-order valence-corrected chi connectivity index (χ2v) is 6.42. The molecule has 1 atom stereocenters. The van der Waals surface area contributed by atoms with Gasteiger partial charge in [-0.15, -0.1) is 0 Å². The first-order valence-corrected chi connectivity index (χ1v) is 8.64. The van der Waals surface area contributed by atoms with Crippen molar-refractivity contribution in [2.24, 2.45) is 0 Å². The van der Waals surface area contributed by atoms with Crippen LogP contribution in [-0.4, -0.2) is 38.1 Å². The summed E-state index contributed by atoms with van der Waals surface area (Å²) in [5.74, 6) is -0.358. The molecular formula is C13H26FNaO4S. The molecule has 0 bridgehead atoms. The maximum absolute atomic E-state index is 11.8. The van der Waals surface area contributed by atoms with Crippen molar-refractivity contribution < 1.29 is 51.7 Å². The molecule has 1 unspecified atom stereocenters. The van der Waals surface area contributed by atoms with E-state index in [1.54, 1.807) is 6.92 Å². The van der Waals surface area contributed by atoms with Gasteiger partial charge in [0, 0.05) is 12.4 Å². The summed E-state index contributed by atoms with van der Waals surface area (Å²) in [4.78, 5) is 0. The van der Waals surface area contributed by atoms with Crippen LogP contribution in [0.5, 0.6) is 0 Å². The Labute approximate surface area is 144 Å². The third-order valence-corrected chi connectivity index (χ3v) is 3.69. The number of halogens is 1. The Morgan fingerprint density at radius 1 is 1.05 bits per heavy atom. The molecule has 0 amide bonds. The van der Waals surface area contributed by atoms with Gasteiger partial charge in [-0.05, 0) is 26.2 Å². The van der Waals surface area contributed by atoms with E-state index in [1.165, 1.54) is 0 Å². The van der Waals surface area contributed by atoms with E-state index in [9.17, 15) is 17.4 Å². The summed E-state index contributed by atoms with van der Waals surface area (Å²) >= 11 is 0. The van der Waals surface area contributed by atoms with Crippen LogP contribution < -0.4 is 29.6 Å². The Balaban J connectivity index is 0. The van der Waals surface area contributed by atoms with Crippen LogP contribution in [0.3, 0.4) is 0 Å². The molecule has 0 aromatic carbocycles. The van der Waals surface area contributed by atoms with Crippen molar-refractivity contribution in [1.29, 1.82) is 0 Å². The normalized spacial score (nSPS) is 12.9. The average molecular weight is 320 g/mol. The topological polar surface area (TPSA) is 66.4 Å². The average Bonchev–Trinajstić information content (AvgIpc) is 2.33. The van der Waals surface area contributed by atoms with Gasteiger partial charge in [-0.2, -0.15) is 0 Å². The van der Waals surface area contributed by atoms with Crippen LogP contribution in [-0.2, 0) is 14.9 Å². The van der Waals surface area contributed by atoms with Gasteiger partial charge in [0.05, 0.1) is 22.9 Å². The standard InChI is InChI=1S/C13H27FO4S.Na/c1-13(9-12-19(15,16)17)18-11-8-6-4-2-3-5-7-10-14;/h13H,2-12H2,1H3,(H,15,16,17);/q;+1/p-1. The van der Waals surface area contributed by atoms with Gasteiger partial charge < -0.3 is 9.29 Å². The maximum atomic E-state index is 11.8. The van der Waals surface area contributed by atoms with Crippen LogP contribution in [0.1, 0.15) is 58.3 Å². The maximum Gasteiger partial charge on any atom is 1.00 e. The van der Waals surface area contributed by atoms with Crippen LogP contribution in [0.2, 0.25) is 0 Å². The summed E-state index contributed by atoms with van der Waals surface area (Å²) in [7, 11) is -4.13. The van der Waals surface area contributed by atoms with Crippen LogP contribution in [0, 0.1) is 0 Å². The van der Waals surface area contributed by atoms with E-state index in [-0.39, 0.29) is 54.5 Å². The Morgan fingerprint density at radius 3 is 2.05 bits per heavy atom. The zero-order valence-electron chi connectivity index (χ0n) is 12.8. The van der Waals surface area contributed by atoms with E-state index >= 15 is 0 Å². The van der Waals surface area contributed by atoms with Crippen molar-refractivity contribution in [3.8, 4) is 0 Å². The third-order valence-electron chi connectivity index (χ3n) is 2.95. The van der Waals surface area contributed by atoms with Crippen molar-refractivity contribution in [3.63, 3.8) is 0 Å². The Kier molecular flexibility index (Phi) is 17.0. The van der Waals surface area contributed by atoms with Gasteiger partial charge in [-0.25, -0.2) is 8.42 Å². The molecule has 0 saturated heterocycles. The Bertz CT molecular complexity index is 299. The van der Waals surface area contributed by atoms with Crippen molar-refractivity contribution in [2.45, 2.75) is 64.4 Å². The van der Waals surface area contributed by atoms with E-state index in [2.05, 4.69) is 0 Å². The quantitative estimate of drug-likeness (QED) is 0.273. The molecular weight excluding hydrogens is 294 g/mol. The van der Waals surface area contributed by atoms with Crippen molar-refractivity contribution >= 4 is 10.1 Å². The smallest absolute Gasteiger partial charge is 0.748 e. The van der Waals surface area contributed by atoms with Gasteiger partial charge in [0.1, 0.15) is 0 Å². The van der Waals surface area contributed by atoms with Gasteiger partial charge in [0.2, 0.25) is 0 Å². The molecule has 0 aliphatic heterocycles. The van der Waals surface area contributed by atoms with Gasteiger partial charge in [-0.3, -0.25) is 4.39 Å². The van der Waals surface area contributed by atoms with E-state index < -0.39 is 10.1 Å². The number of hydrogen-bond acceptors (Lipinski definition) is 4. The molecule has 0 heterocycles. The molecule has 0 spiro atoms. The van der Waals surface area contributed by atoms with Crippen LogP contribution in [0.25, 0.3) is 0 Å².